The van der Waals surface area contributed by atoms with Gasteiger partial charge in [0.25, 0.3) is 11.7 Å². The van der Waals surface area contributed by atoms with Gasteiger partial charge in [-0.1, -0.05) is 49.0 Å². The van der Waals surface area contributed by atoms with Crippen LogP contribution >= 0.6 is 11.8 Å². The highest BCUT2D eigenvalue weighted by Gasteiger charge is 2.52. The van der Waals surface area contributed by atoms with E-state index in [1.165, 1.54) is 0 Å². The van der Waals surface area contributed by atoms with Crippen LogP contribution in [0.2, 0.25) is 0 Å². The number of amides is 4. The molecular formula is C20H21N7O3S. The highest BCUT2D eigenvalue weighted by molar-refractivity contribution is 7.99. The number of imide groups is 1. The SMILES string of the molecule is CC[C@]1(c2ccccc2)NC(=O)N(NC(=O)CSc2nc3nc(C)cc(C)n3n2)C1=O. The molecule has 1 aromatic carbocycles. The Kier molecular flexibility index (Phi) is 5.36. The third-order valence-electron chi connectivity index (χ3n) is 5.06. The normalized spacial score (nSPS) is 18.5. The molecule has 0 unspecified atom stereocenters. The number of urea groups is 1. The molecule has 1 aliphatic heterocycles. The number of rotatable bonds is 6. The molecule has 3 heterocycles. The minimum absolute atomic E-state index is 0.0730. The standard InChI is InChI=1S/C20H21N7O3S/c1-4-20(14-8-6-5-7-9-14)16(29)27(19(30)23-20)24-15(28)11-31-18-22-17-21-12(2)10-13(3)26(17)25-18/h5-10H,4,11H2,1-3H3,(H,23,30)(H,24,28)/t20-/m1/s1. The molecule has 4 amide bonds. The van der Waals surface area contributed by atoms with Gasteiger partial charge in [0.2, 0.25) is 11.1 Å². The molecule has 31 heavy (non-hydrogen) atoms. The molecule has 4 rings (SSSR count). The predicted molar refractivity (Wildman–Crippen MR) is 113 cm³/mol. The van der Waals surface area contributed by atoms with Gasteiger partial charge in [-0.05, 0) is 31.9 Å². The number of hydrogen-bond donors (Lipinski definition) is 2. The Balaban J connectivity index is 1.44. The van der Waals surface area contributed by atoms with Crippen LogP contribution < -0.4 is 10.7 Å². The van der Waals surface area contributed by atoms with Gasteiger partial charge in [-0.15, -0.1) is 5.10 Å². The van der Waals surface area contributed by atoms with Crippen molar-refractivity contribution in [2.45, 2.75) is 37.9 Å². The number of fused-ring (bicyclic) bond motifs is 1. The van der Waals surface area contributed by atoms with E-state index in [-0.39, 0.29) is 5.75 Å². The van der Waals surface area contributed by atoms with Crippen molar-refractivity contribution in [3.8, 4) is 0 Å². The average Bonchev–Trinajstić information content (AvgIpc) is 3.27. The lowest BCUT2D eigenvalue weighted by Crippen LogP contribution is -2.49. The monoisotopic (exact) mass is 439 g/mol. The predicted octanol–water partition coefficient (Wildman–Crippen LogP) is 1.72. The molecule has 0 aliphatic carbocycles. The summed E-state index contributed by atoms with van der Waals surface area (Å²) in [6.45, 7) is 5.56. The molecule has 1 saturated heterocycles. The maximum absolute atomic E-state index is 13.1. The number of nitrogens with one attached hydrogen (secondary N) is 2. The van der Waals surface area contributed by atoms with Crippen LogP contribution in [0, 0.1) is 13.8 Å². The van der Waals surface area contributed by atoms with Gasteiger partial charge < -0.3 is 5.32 Å². The van der Waals surface area contributed by atoms with Gasteiger partial charge in [-0.3, -0.25) is 15.0 Å². The van der Waals surface area contributed by atoms with Crippen LogP contribution in [-0.4, -0.2) is 48.2 Å². The summed E-state index contributed by atoms with van der Waals surface area (Å²) in [5.41, 5.74) is 3.55. The number of carbonyl (C=O) groups is 3. The third-order valence-corrected chi connectivity index (χ3v) is 5.89. The lowest BCUT2D eigenvalue weighted by atomic mass is 9.87. The van der Waals surface area contributed by atoms with Gasteiger partial charge in [0, 0.05) is 11.4 Å². The second-order valence-electron chi connectivity index (χ2n) is 7.16. The number of hydrogen-bond acceptors (Lipinski definition) is 7. The van der Waals surface area contributed by atoms with Gasteiger partial charge in [0.15, 0.2) is 0 Å². The summed E-state index contributed by atoms with van der Waals surface area (Å²) in [5, 5.41) is 8.17. The summed E-state index contributed by atoms with van der Waals surface area (Å²) in [7, 11) is 0. The second kappa shape index (κ2) is 7.99. The Morgan fingerprint density at radius 3 is 2.65 bits per heavy atom. The first kappa shape index (κ1) is 20.8. The molecule has 3 aromatic rings. The van der Waals surface area contributed by atoms with E-state index in [0.717, 1.165) is 28.2 Å². The van der Waals surface area contributed by atoms with E-state index in [9.17, 15) is 14.4 Å². The fraction of sp³-hybridized carbons (Fsp3) is 0.300. The molecule has 11 heteroatoms. The average molecular weight is 440 g/mol. The summed E-state index contributed by atoms with van der Waals surface area (Å²) in [6.07, 6.45) is 0.347. The van der Waals surface area contributed by atoms with Gasteiger partial charge in [0.05, 0.1) is 5.75 Å². The molecule has 0 bridgehead atoms. The zero-order valence-corrected chi connectivity index (χ0v) is 18.1. The Hall–Kier alpha value is -3.47. The van der Waals surface area contributed by atoms with Gasteiger partial charge in [-0.25, -0.2) is 14.3 Å². The van der Waals surface area contributed by atoms with Crippen LogP contribution in [0.15, 0.2) is 41.6 Å². The minimum Gasteiger partial charge on any atom is -0.318 e. The van der Waals surface area contributed by atoms with Crippen molar-refractivity contribution in [1.29, 1.82) is 0 Å². The quantitative estimate of drug-likeness (QED) is 0.443. The summed E-state index contributed by atoms with van der Waals surface area (Å²) in [5.74, 6) is -0.667. The summed E-state index contributed by atoms with van der Waals surface area (Å²) < 4.78 is 1.60. The topological polar surface area (TPSA) is 122 Å². The van der Waals surface area contributed by atoms with E-state index in [4.69, 9.17) is 0 Å². The Morgan fingerprint density at radius 2 is 1.94 bits per heavy atom. The summed E-state index contributed by atoms with van der Waals surface area (Å²) >= 11 is 1.09. The van der Waals surface area contributed by atoms with Crippen LogP contribution in [-0.2, 0) is 15.1 Å². The molecular weight excluding hydrogens is 418 g/mol. The molecule has 160 valence electrons. The van der Waals surface area contributed by atoms with E-state index < -0.39 is 23.4 Å². The van der Waals surface area contributed by atoms with Crippen LogP contribution in [0.25, 0.3) is 5.78 Å². The van der Waals surface area contributed by atoms with Crippen molar-refractivity contribution in [2.24, 2.45) is 0 Å². The van der Waals surface area contributed by atoms with E-state index in [1.807, 2.05) is 26.0 Å². The smallest absolute Gasteiger partial charge is 0.318 e. The number of benzene rings is 1. The van der Waals surface area contributed by atoms with Crippen molar-refractivity contribution in [3.63, 3.8) is 0 Å². The van der Waals surface area contributed by atoms with Crippen molar-refractivity contribution >= 4 is 35.4 Å². The number of thioether (sulfide) groups is 1. The lowest BCUT2D eigenvalue weighted by molar-refractivity contribution is -0.138. The molecule has 10 nitrogen and oxygen atoms in total. The van der Waals surface area contributed by atoms with Crippen LogP contribution in [0.4, 0.5) is 4.79 Å². The fourth-order valence-corrected chi connectivity index (χ4v) is 4.15. The number of hydrazine groups is 1. The molecule has 2 N–H and O–H groups in total. The van der Waals surface area contributed by atoms with Crippen molar-refractivity contribution in [3.05, 3.63) is 53.3 Å². The molecule has 0 saturated carbocycles. The molecule has 1 fully saturated rings. The molecule has 0 spiro atoms. The largest absolute Gasteiger partial charge is 0.344 e. The van der Waals surface area contributed by atoms with E-state index >= 15 is 0 Å². The van der Waals surface area contributed by atoms with Gasteiger partial charge in [-0.2, -0.15) is 9.99 Å². The maximum Gasteiger partial charge on any atom is 0.344 e. The number of carbonyl (C=O) groups excluding carboxylic acids is 3. The summed E-state index contributed by atoms with van der Waals surface area (Å²) in [6, 6.07) is 10.2. The highest BCUT2D eigenvalue weighted by atomic mass is 32.2. The van der Waals surface area contributed by atoms with E-state index in [0.29, 0.717) is 22.9 Å². The van der Waals surface area contributed by atoms with Crippen molar-refractivity contribution in [2.75, 3.05) is 5.75 Å². The Bertz CT molecular complexity index is 1180. The molecule has 2 aromatic heterocycles. The van der Waals surface area contributed by atoms with E-state index in [2.05, 4.69) is 25.8 Å². The molecule has 1 atom stereocenters. The van der Waals surface area contributed by atoms with Crippen LogP contribution in [0.1, 0.15) is 30.3 Å². The zero-order chi connectivity index (χ0) is 22.2. The first-order valence-electron chi connectivity index (χ1n) is 9.69. The van der Waals surface area contributed by atoms with Crippen molar-refractivity contribution in [1.82, 2.24) is 35.3 Å². The van der Waals surface area contributed by atoms with Gasteiger partial charge in [0.1, 0.15) is 5.54 Å². The Morgan fingerprint density at radius 1 is 1.19 bits per heavy atom. The highest BCUT2D eigenvalue weighted by Crippen LogP contribution is 2.31. The van der Waals surface area contributed by atoms with Crippen LogP contribution in [0.5, 0.6) is 0 Å². The number of aromatic nitrogens is 4. The first-order valence-corrected chi connectivity index (χ1v) is 10.7. The summed E-state index contributed by atoms with van der Waals surface area (Å²) in [4.78, 5) is 46.6. The third kappa shape index (κ3) is 3.72. The Labute approximate surface area is 182 Å². The molecule has 0 radical (unpaired) electrons. The minimum atomic E-state index is -1.21. The van der Waals surface area contributed by atoms with Crippen molar-refractivity contribution < 1.29 is 14.4 Å². The lowest BCUT2D eigenvalue weighted by Gasteiger charge is -2.25. The van der Waals surface area contributed by atoms with Crippen LogP contribution in [0.3, 0.4) is 0 Å². The van der Waals surface area contributed by atoms with E-state index in [1.54, 1.807) is 35.7 Å². The molecule has 1 aliphatic rings. The fourth-order valence-electron chi connectivity index (χ4n) is 3.53. The number of aryl methyl sites for hydroxylation is 2. The second-order valence-corrected chi connectivity index (χ2v) is 8.11. The maximum atomic E-state index is 13.1. The van der Waals surface area contributed by atoms with Gasteiger partial charge >= 0.3 is 6.03 Å². The number of nitrogens with zero attached hydrogens (tertiary/aromatic N) is 5. The first-order chi connectivity index (χ1) is 14.8. The zero-order valence-electron chi connectivity index (χ0n) is 17.2.